The van der Waals surface area contributed by atoms with Crippen LogP contribution in [0.3, 0.4) is 0 Å². The van der Waals surface area contributed by atoms with E-state index in [2.05, 4.69) is 36.1 Å². The van der Waals surface area contributed by atoms with Crippen LogP contribution in [0.1, 0.15) is 48.8 Å². The third-order valence-corrected chi connectivity index (χ3v) is 6.53. The van der Waals surface area contributed by atoms with Crippen LogP contribution in [0.4, 0.5) is 20.2 Å². The van der Waals surface area contributed by atoms with Gasteiger partial charge in [-0.2, -0.15) is 5.71 Å². The van der Waals surface area contributed by atoms with Gasteiger partial charge in [0.25, 0.3) is 5.91 Å². The van der Waals surface area contributed by atoms with Crippen molar-refractivity contribution in [2.24, 2.45) is 10.3 Å². The minimum absolute atomic E-state index is 0. The van der Waals surface area contributed by atoms with E-state index < -0.39 is 52.2 Å². The van der Waals surface area contributed by atoms with E-state index in [1.165, 1.54) is 24.7 Å². The van der Waals surface area contributed by atoms with E-state index in [-0.39, 0.29) is 66.3 Å². The number of halogens is 2. The number of amides is 2. The number of carbonyl (C=O) groups is 4. The molecule has 4 rings (SSSR count). The second-order valence-corrected chi connectivity index (χ2v) is 9.63. The van der Waals surface area contributed by atoms with Crippen LogP contribution in [-0.2, 0) is 17.6 Å². The Morgan fingerprint density at radius 3 is 2.20 bits per heavy atom. The third kappa shape index (κ3) is 9.63. The van der Waals surface area contributed by atoms with Gasteiger partial charge in [0, 0.05) is 12.4 Å². The Balaban J connectivity index is 0.00000650. The van der Waals surface area contributed by atoms with Crippen molar-refractivity contribution >= 4 is 47.1 Å². The SMILES string of the molecule is [Li+].[N-]=NN=[C-]/C=C\C(=[N-])C(=O)Nc1cc(CCCc2cc(C(=O)O)c(NC(=O)c3ccc(-n4ccnc4)nn3)cc2F)c(F)cc1C(=O)O. The van der Waals surface area contributed by atoms with Crippen LogP contribution in [0, 0.1) is 11.6 Å². The summed E-state index contributed by atoms with van der Waals surface area (Å²) in [5.41, 5.74) is 5.26. The molecule has 0 spiro atoms. The average Bonchev–Trinajstić information content (AvgIpc) is 3.60. The summed E-state index contributed by atoms with van der Waals surface area (Å²) in [7, 11) is 0. The van der Waals surface area contributed by atoms with Crippen LogP contribution in [-0.4, -0.2) is 65.6 Å². The second kappa shape index (κ2) is 17.1. The summed E-state index contributed by atoms with van der Waals surface area (Å²) in [5.74, 6) is -6.49. The van der Waals surface area contributed by atoms with Gasteiger partial charge in [-0.15, -0.1) is 10.2 Å². The fraction of sp³-hybridized carbons (Fsp3) is 0.100. The molecule has 0 radical (unpaired) electrons. The van der Waals surface area contributed by atoms with Crippen molar-refractivity contribution in [2.45, 2.75) is 19.3 Å². The molecule has 2 aromatic heterocycles. The Hall–Kier alpha value is -6.25. The first-order valence-corrected chi connectivity index (χ1v) is 13.6. The Morgan fingerprint density at radius 1 is 0.939 bits per heavy atom. The zero-order chi connectivity index (χ0) is 34.8. The number of carbonyl (C=O) groups excluding carboxylic acids is 2. The summed E-state index contributed by atoms with van der Waals surface area (Å²) in [4.78, 5) is 52.6. The Bertz CT molecular complexity index is 1970. The van der Waals surface area contributed by atoms with Crippen molar-refractivity contribution in [1.29, 1.82) is 0 Å². The molecule has 4 N–H and O–H groups in total. The minimum atomic E-state index is -1.58. The number of nitrogens with zero attached hydrogens (tertiary/aromatic N) is 8. The molecular formula is C30H21F2LiN10O6-2. The van der Waals surface area contributed by atoms with Gasteiger partial charge in [0.05, 0.1) is 22.5 Å². The normalized spacial score (nSPS) is 10.8. The topological polar surface area (TPSA) is 246 Å². The van der Waals surface area contributed by atoms with Crippen LogP contribution in [0.5, 0.6) is 0 Å². The number of hydrogen-bond acceptors (Lipinski definition) is 8. The molecule has 16 nitrogen and oxygen atoms in total. The number of aryl methyl sites for hydroxylation is 2. The van der Waals surface area contributed by atoms with E-state index in [0.29, 0.717) is 11.9 Å². The largest absolute Gasteiger partial charge is 1.00 e. The molecule has 0 saturated heterocycles. The number of carboxylic acid groups (broad SMARTS) is 2. The summed E-state index contributed by atoms with van der Waals surface area (Å²) >= 11 is 0. The Kier molecular flexibility index (Phi) is 13.0. The van der Waals surface area contributed by atoms with Crippen LogP contribution >= 0.6 is 0 Å². The summed E-state index contributed by atoms with van der Waals surface area (Å²) in [6, 6.07) is 6.38. The molecular weight excluding hydrogens is 641 g/mol. The quantitative estimate of drug-likeness (QED) is 0.0497. The summed E-state index contributed by atoms with van der Waals surface area (Å²) in [6.45, 7) is 0. The standard InChI is InChI=1S/C30H21F2N10O6.Li/c31-20-13-19(30(47)48)24(37-27(43)22(33)5-2-8-36-41-34)12-17(20)4-1-3-16-11-18(29(45)46)25(14-21(16)32)38-28(44)23-6-7-26(40-39-23)42-10-9-35-15-42;/h2,5-7,9-15H,1,3-4H2,(H,37,43)(H,38,44)(H,45,46)(H,47,48);/q-3;+1/b5-2-;. The molecule has 0 bridgehead atoms. The van der Waals surface area contributed by atoms with Crippen molar-refractivity contribution in [3.8, 4) is 5.82 Å². The third-order valence-electron chi connectivity index (χ3n) is 6.53. The van der Waals surface area contributed by atoms with Crippen molar-refractivity contribution in [1.82, 2.24) is 19.7 Å². The molecule has 244 valence electrons. The summed E-state index contributed by atoms with van der Waals surface area (Å²) in [6.07, 6.45) is 8.24. The number of allylic oxidation sites excluding steroid dienone is 1. The summed E-state index contributed by atoms with van der Waals surface area (Å²) in [5, 5.41) is 46.6. The molecule has 0 fully saturated rings. The minimum Gasteiger partial charge on any atom is -0.816 e. The van der Waals surface area contributed by atoms with Crippen molar-refractivity contribution in [3.63, 3.8) is 0 Å². The van der Waals surface area contributed by atoms with E-state index in [1.807, 2.05) is 6.21 Å². The Morgan fingerprint density at radius 2 is 1.59 bits per heavy atom. The van der Waals surface area contributed by atoms with Crippen LogP contribution in [0.15, 0.2) is 77.6 Å². The van der Waals surface area contributed by atoms with Gasteiger partial charge in [-0.3, -0.25) is 25.6 Å². The number of aromatic carboxylic acids is 2. The van der Waals surface area contributed by atoms with Gasteiger partial charge in [0.1, 0.15) is 18.0 Å². The smallest absolute Gasteiger partial charge is 0.816 e. The maximum Gasteiger partial charge on any atom is 1.00 e. The van der Waals surface area contributed by atoms with Gasteiger partial charge in [-0.1, -0.05) is 0 Å². The first kappa shape index (κ1) is 37.2. The number of benzene rings is 2. The van der Waals surface area contributed by atoms with Crippen molar-refractivity contribution in [3.05, 3.63) is 118 Å². The molecule has 19 heteroatoms. The predicted octanol–water partition coefficient (Wildman–Crippen LogP) is 1.16. The monoisotopic (exact) mass is 662 g/mol. The number of imidazole rings is 1. The molecule has 2 heterocycles. The molecule has 0 unspecified atom stereocenters. The first-order valence-electron chi connectivity index (χ1n) is 13.6. The van der Waals surface area contributed by atoms with Gasteiger partial charge in [0.2, 0.25) is 5.91 Å². The molecule has 0 atom stereocenters. The van der Waals surface area contributed by atoms with Gasteiger partial charge in [0.15, 0.2) is 11.5 Å². The molecule has 49 heavy (non-hydrogen) atoms. The van der Waals surface area contributed by atoms with Gasteiger partial charge in [-0.25, -0.2) is 35.5 Å². The predicted molar refractivity (Wildman–Crippen MR) is 165 cm³/mol. The zero-order valence-electron chi connectivity index (χ0n) is 25.3. The van der Waals surface area contributed by atoms with E-state index in [0.717, 1.165) is 30.4 Å². The number of nitrogens with one attached hydrogen (secondary N) is 2. The van der Waals surface area contributed by atoms with E-state index in [1.54, 1.807) is 10.8 Å². The fourth-order valence-corrected chi connectivity index (χ4v) is 4.25. The molecule has 4 aromatic rings. The van der Waals surface area contributed by atoms with E-state index in [4.69, 9.17) is 5.53 Å². The molecule has 0 aliphatic rings. The number of aromatic nitrogens is 4. The number of rotatable bonds is 14. The first-order chi connectivity index (χ1) is 23.0. The van der Waals surface area contributed by atoms with Crippen LogP contribution < -0.4 is 29.5 Å². The molecule has 2 aromatic carbocycles. The van der Waals surface area contributed by atoms with E-state index in [9.17, 15) is 39.2 Å². The Labute approximate surface area is 287 Å². The fourth-order valence-electron chi connectivity index (χ4n) is 4.25. The number of carboxylic acids is 2. The second-order valence-electron chi connectivity index (χ2n) is 9.63. The van der Waals surface area contributed by atoms with Gasteiger partial charge >= 0.3 is 30.8 Å². The van der Waals surface area contributed by atoms with Gasteiger partial charge in [-0.05, 0) is 66.8 Å². The number of hydrogen-bond donors (Lipinski definition) is 4. The molecule has 0 aliphatic heterocycles. The average molecular weight is 662 g/mol. The maximum absolute atomic E-state index is 15.1. The molecule has 2 amide bonds. The van der Waals surface area contributed by atoms with Crippen molar-refractivity contribution < 1.29 is 57.0 Å². The van der Waals surface area contributed by atoms with Crippen LogP contribution in [0.2, 0.25) is 0 Å². The zero-order valence-corrected chi connectivity index (χ0v) is 25.3. The van der Waals surface area contributed by atoms with Crippen LogP contribution in [0.25, 0.3) is 16.8 Å². The van der Waals surface area contributed by atoms with E-state index >= 15 is 4.39 Å². The summed E-state index contributed by atoms with van der Waals surface area (Å²) < 4.78 is 31.4. The van der Waals surface area contributed by atoms with Crippen molar-refractivity contribution in [2.75, 3.05) is 10.6 Å². The number of anilines is 2. The maximum atomic E-state index is 15.1. The molecule has 0 saturated carbocycles. The van der Waals surface area contributed by atoms with Gasteiger partial charge < -0.3 is 36.9 Å². The molecule has 0 aliphatic carbocycles.